The molecule has 5 aromatic rings. The standard InChI is InChI=1S/C24H19N5O2S/c1-15(30)25-19-11-9-17(10-12-19)21-14-32-24-27-23(28-29(21)24)26-22(31)13-18-7-4-6-16-5-2-3-8-20(16)18/h2-12,14H,13H2,1H3,(H,25,30)(H,26,28,31). The molecule has 32 heavy (non-hydrogen) atoms. The van der Waals surface area contributed by atoms with Gasteiger partial charge in [0.2, 0.25) is 22.7 Å². The third-order valence-corrected chi connectivity index (χ3v) is 5.88. The zero-order valence-electron chi connectivity index (χ0n) is 17.2. The van der Waals surface area contributed by atoms with Gasteiger partial charge >= 0.3 is 0 Å². The van der Waals surface area contributed by atoms with Crippen molar-refractivity contribution in [3.8, 4) is 11.3 Å². The molecule has 0 aliphatic rings. The van der Waals surface area contributed by atoms with Gasteiger partial charge in [-0.2, -0.15) is 4.98 Å². The Morgan fingerprint density at radius 2 is 1.75 bits per heavy atom. The second kappa shape index (κ2) is 8.24. The van der Waals surface area contributed by atoms with Crippen molar-refractivity contribution in [3.05, 3.63) is 77.7 Å². The number of thiazole rings is 1. The first kappa shape index (κ1) is 19.9. The Morgan fingerprint density at radius 3 is 2.56 bits per heavy atom. The number of nitrogens with one attached hydrogen (secondary N) is 2. The van der Waals surface area contributed by atoms with E-state index < -0.39 is 0 Å². The maximum Gasteiger partial charge on any atom is 0.250 e. The molecule has 2 amide bonds. The summed E-state index contributed by atoms with van der Waals surface area (Å²) in [6, 6.07) is 21.5. The molecule has 0 unspecified atom stereocenters. The second-order valence-corrected chi connectivity index (χ2v) is 8.21. The number of hydrogen-bond donors (Lipinski definition) is 2. The van der Waals surface area contributed by atoms with Gasteiger partial charge in [0.05, 0.1) is 12.1 Å². The van der Waals surface area contributed by atoms with Crippen LogP contribution in [-0.2, 0) is 16.0 Å². The molecule has 8 heteroatoms. The van der Waals surface area contributed by atoms with Gasteiger partial charge < -0.3 is 5.32 Å². The number of carbonyl (C=O) groups excluding carboxylic acids is 2. The molecule has 2 heterocycles. The van der Waals surface area contributed by atoms with Gasteiger partial charge in [-0.05, 0) is 28.5 Å². The van der Waals surface area contributed by atoms with E-state index in [1.54, 1.807) is 4.52 Å². The molecule has 0 fully saturated rings. The number of amides is 2. The molecule has 3 aromatic carbocycles. The summed E-state index contributed by atoms with van der Waals surface area (Å²) in [4.78, 5) is 29.0. The molecule has 0 aliphatic carbocycles. The number of carbonyl (C=O) groups is 2. The van der Waals surface area contributed by atoms with Gasteiger partial charge in [0.15, 0.2) is 0 Å². The van der Waals surface area contributed by atoms with E-state index in [-0.39, 0.29) is 24.2 Å². The molecule has 0 aliphatic heterocycles. The van der Waals surface area contributed by atoms with Crippen molar-refractivity contribution in [2.24, 2.45) is 0 Å². The number of benzene rings is 3. The van der Waals surface area contributed by atoms with E-state index >= 15 is 0 Å². The minimum atomic E-state index is -0.166. The highest BCUT2D eigenvalue weighted by Crippen LogP contribution is 2.27. The van der Waals surface area contributed by atoms with E-state index in [0.29, 0.717) is 4.96 Å². The third kappa shape index (κ3) is 3.95. The molecule has 0 atom stereocenters. The Morgan fingerprint density at radius 1 is 0.969 bits per heavy atom. The number of fused-ring (bicyclic) bond motifs is 2. The van der Waals surface area contributed by atoms with Crippen LogP contribution in [-0.4, -0.2) is 26.4 Å². The Labute approximate surface area is 187 Å². The number of aromatic nitrogens is 3. The van der Waals surface area contributed by atoms with Crippen LogP contribution in [0.4, 0.5) is 11.6 Å². The Kier molecular flexibility index (Phi) is 5.12. The summed E-state index contributed by atoms with van der Waals surface area (Å²) >= 11 is 1.45. The number of rotatable bonds is 5. The normalized spacial score (nSPS) is 11.0. The molecule has 0 saturated heterocycles. The number of anilines is 2. The maximum absolute atomic E-state index is 12.7. The number of hydrogen-bond acceptors (Lipinski definition) is 5. The van der Waals surface area contributed by atoms with Crippen molar-refractivity contribution in [1.29, 1.82) is 0 Å². The summed E-state index contributed by atoms with van der Waals surface area (Å²) in [5, 5.41) is 14.2. The van der Waals surface area contributed by atoms with Crippen LogP contribution >= 0.6 is 11.3 Å². The SMILES string of the molecule is CC(=O)Nc1ccc(-c2csc3nc(NC(=O)Cc4cccc5ccccc45)nn23)cc1. The number of nitrogens with zero attached hydrogens (tertiary/aromatic N) is 3. The lowest BCUT2D eigenvalue weighted by Crippen LogP contribution is -2.15. The summed E-state index contributed by atoms with van der Waals surface area (Å²) in [5.41, 5.74) is 3.49. The Hall–Kier alpha value is -4.04. The summed E-state index contributed by atoms with van der Waals surface area (Å²) < 4.78 is 1.71. The predicted molar refractivity (Wildman–Crippen MR) is 127 cm³/mol. The van der Waals surface area contributed by atoms with Crippen molar-refractivity contribution in [2.45, 2.75) is 13.3 Å². The van der Waals surface area contributed by atoms with Gasteiger partial charge in [-0.3, -0.25) is 14.9 Å². The third-order valence-electron chi connectivity index (χ3n) is 5.06. The van der Waals surface area contributed by atoms with E-state index in [1.807, 2.05) is 72.1 Å². The van der Waals surface area contributed by atoms with Gasteiger partial charge in [0.25, 0.3) is 0 Å². The van der Waals surface area contributed by atoms with Gasteiger partial charge in [-0.15, -0.1) is 16.4 Å². The zero-order chi connectivity index (χ0) is 22.1. The van der Waals surface area contributed by atoms with Crippen molar-refractivity contribution < 1.29 is 9.59 Å². The van der Waals surface area contributed by atoms with E-state index in [4.69, 9.17) is 0 Å². The van der Waals surface area contributed by atoms with Crippen LogP contribution in [0, 0.1) is 0 Å². The van der Waals surface area contributed by atoms with E-state index in [0.717, 1.165) is 33.3 Å². The zero-order valence-corrected chi connectivity index (χ0v) is 18.0. The summed E-state index contributed by atoms with van der Waals surface area (Å²) in [6.07, 6.45) is 0.242. The summed E-state index contributed by atoms with van der Waals surface area (Å²) in [5.74, 6) is -0.00477. The molecule has 2 aromatic heterocycles. The minimum absolute atomic E-state index is 0.115. The molecular formula is C24H19N5O2S. The monoisotopic (exact) mass is 441 g/mol. The topological polar surface area (TPSA) is 88.4 Å². The van der Waals surface area contributed by atoms with Crippen LogP contribution in [0.25, 0.3) is 27.0 Å². The lowest BCUT2D eigenvalue weighted by molar-refractivity contribution is -0.116. The predicted octanol–water partition coefficient (Wildman–Crippen LogP) is 4.75. The quantitative estimate of drug-likeness (QED) is 0.412. The smallest absolute Gasteiger partial charge is 0.250 e. The van der Waals surface area contributed by atoms with Crippen molar-refractivity contribution in [1.82, 2.24) is 14.6 Å². The molecular weight excluding hydrogens is 422 g/mol. The molecule has 0 spiro atoms. The lowest BCUT2D eigenvalue weighted by atomic mass is 10.0. The molecule has 2 N–H and O–H groups in total. The van der Waals surface area contributed by atoms with Gasteiger partial charge in [-0.1, -0.05) is 54.6 Å². The van der Waals surface area contributed by atoms with E-state index in [9.17, 15) is 9.59 Å². The Bertz CT molecular complexity index is 1450. The van der Waals surface area contributed by atoms with Gasteiger partial charge in [0.1, 0.15) is 0 Å². The first-order valence-corrected chi connectivity index (χ1v) is 10.9. The van der Waals surface area contributed by atoms with E-state index in [2.05, 4.69) is 20.7 Å². The highest BCUT2D eigenvalue weighted by atomic mass is 32.1. The van der Waals surface area contributed by atoms with Crippen LogP contribution in [0.5, 0.6) is 0 Å². The first-order chi connectivity index (χ1) is 15.6. The maximum atomic E-state index is 12.7. The van der Waals surface area contributed by atoms with Crippen LogP contribution in [0.3, 0.4) is 0 Å². The largest absolute Gasteiger partial charge is 0.326 e. The highest BCUT2D eigenvalue weighted by molar-refractivity contribution is 7.15. The fourth-order valence-corrected chi connectivity index (χ4v) is 4.48. The van der Waals surface area contributed by atoms with Gasteiger partial charge in [-0.25, -0.2) is 4.52 Å². The van der Waals surface area contributed by atoms with E-state index in [1.165, 1.54) is 18.3 Å². The summed E-state index contributed by atoms with van der Waals surface area (Å²) in [7, 11) is 0. The van der Waals surface area contributed by atoms with Gasteiger partial charge in [0, 0.05) is 23.6 Å². The molecule has 0 radical (unpaired) electrons. The molecule has 5 rings (SSSR count). The van der Waals surface area contributed by atoms with Crippen molar-refractivity contribution >= 4 is 50.5 Å². The molecule has 7 nitrogen and oxygen atoms in total. The van der Waals surface area contributed by atoms with Crippen LogP contribution < -0.4 is 10.6 Å². The van der Waals surface area contributed by atoms with Crippen molar-refractivity contribution in [2.75, 3.05) is 10.6 Å². The van der Waals surface area contributed by atoms with Crippen LogP contribution in [0.2, 0.25) is 0 Å². The molecule has 0 saturated carbocycles. The first-order valence-electron chi connectivity index (χ1n) is 10.1. The van der Waals surface area contributed by atoms with Crippen LogP contribution in [0.15, 0.2) is 72.1 Å². The van der Waals surface area contributed by atoms with Crippen molar-refractivity contribution in [3.63, 3.8) is 0 Å². The lowest BCUT2D eigenvalue weighted by Gasteiger charge is -2.06. The minimum Gasteiger partial charge on any atom is -0.326 e. The second-order valence-electron chi connectivity index (χ2n) is 7.37. The molecule has 158 valence electrons. The average Bonchev–Trinajstić information content (AvgIpc) is 3.34. The fourth-order valence-electron chi connectivity index (χ4n) is 3.65. The molecule has 0 bridgehead atoms. The highest BCUT2D eigenvalue weighted by Gasteiger charge is 2.14. The average molecular weight is 442 g/mol. The fraction of sp³-hybridized carbons (Fsp3) is 0.0833. The summed E-state index contributed by atoms with van der Waals surface area (Å²) in [6.45, 7) is 1.47. The van der Waals surface area contributed by atoms with Crippen LogP contribution in [0.1, 0.15) is 12.5 Å². The Balaban J connectivity index is 1.35.